The second-order valence-electron chi connectivity index (χ2n) is 5.56. The van der Waals surface area contributed by atoms with Crippen molar-refractivity contribution < 1.29 is 0 Å². The smallest absolute Gasteiger partial charge is 0.00160 e. The Hall–Kier alpha value is 0.310. The highest BCUT2D eigenvalue weighted by molar-refractivity contribution is 7.80. The highest BCUT2D eigenvalue weighted by Crippen LogP contribution is 2.24. The van der Waals surface area contributed by atoms with E-state index in [2.05, 4.69) is 31.4 Å². The van der Waals surface area contributed by atoms with Crippen molar-refractivity contribution in [3.05, 3.63) is 0 Å². The molecule has 1 aliphatic heterocycles. The van der Waals surface area contributed by atoms with Gasteiger partial charge in [-0.3, -0.25) is 0 Å². The molecule has 2 heteroatoms. The van der Waals surface area contributed by atoms with E-state index in [1.165, 1.54) is 58.2 Å². The van der Waals surface area contributed by atoms with Gasteiger partial charge in [-0.25, -0.2) is 0 Å². The van der Waals surface area contributed by atoms with Crippen molar-refractivity contribution in [2.45, 2.75) is 52.4 Å². The normalized spacial score (nSPS) is 19.5. The third-order valence-corrected chi connectivity index (χ3v) is 4.27. The summed E-state index contributed by atoms with van der Waals surface area (Å²) in [4.78, 5) is 2.67. The highest BCUT2D eigenvalue weighted by Gasteiger charge is 2.20. The lowest BCUT2D eigenvalue weighted by Gasteiger charge is -2.33. The Morgan fingerprint density at radius 1 is 1.06 bits per heavy atom. The van der Waals surface area contributed by atoms with Crippen LogP contribution in [0, 0.1) is 11.8 Å². The summed E-state index contributed by atoms with van der Waals surface area (Å²) in [5.41, 5.74) is 0. The molecule has 0 saturated carbocycles. The van der Waals surface area contributed by atoms with Gasteiger partial charge in [-0.1, -0.05) is 26.7 Å². The van der Waals surface area contributed by atoms with E-state index in [-0.39, 0.29) is 0 Å². The first-order valence-electron chi connectivity index (χ1n) is 7.07. The molecule has 0 aromatic rings. The molecule has 0 atom stereocenters. The second-order valence-corrected chi connectivity index (χ2v) is 6.01. The molecule has 96 valence electrons. The van der Waals surface area contributed by atoms with E-state index in [1.807, 2.05) is 0 Å². The molecule has 1 saturated heterocycles. The molecular formula is C14H29NS. The third kappa shape index (κ3) is 5.58. The van der Waals surface area contributed by atoms with E-state index < -0.39 is 0 Å². The molecule has 0 aromatic heterocycles. The van der Waals surface area contributed by atoms with Gasteiger partial charge in [-0.2, -0.15) is 12.6 Å². The van der Waals surface area contributed by atoms with E-state index in [9.17, 15) is 0 Å². The standard InChI is InChI=1S/C14H29NS/c1-13(2)14-7-10-15(11-8-14)9-5-3-4-6-12-16/h13-14,16H,3-12H2,1-2H3. The Kier molecular flexibility index (Phi) is 7.55. The van der Waals surface area contributed by atoms with Gasteiger partial charge in [0.15, 0.2) is 0 Å². The van der Waals surface area contributed by atoms with Crippen molar-refractivity contribution in [3.8, 4) is 0 Å². The van der Waals surface area contributed by atoms with E-state index in [1.54, 1.807) is 0 Å². The molecular weight excluding hydrogens is 214 g/mol. The Morgan fingerprint density at radius 3 is 2.25 bits per heavy atom. The van der Waals surface area contributed by atoms with Gasteiger partial charge < -0.3 is 4.90 Å². The second kappa shape index (κ2) is 8.41. The minimum Gasteiger partial charge on any atom is -0.303 e. The van der Waals surface area contributed by atoms with Crippen LogP contribution in [-0.4, -0.2) is 30.3 Å². The average molecular weight is 243 g/mol. The summed E-state index contributed by atoms with van der Waals surface area (Å²) >= 11 is 4.24. The van der Waals surface area contributed by atoms with Gasteiger partial charge in [-0.05, 0) is 62.9 Å². The fraction of sp³-hybridized carbons (Fsp3) is 1.00. The number of likely N-dealkylation sites (tertiary alicyclic amines) is 1. The maximum Gasteiger partial charge on any atom is -0.00160 e. The van der Waals surface area contributed by atoms with Gasteiger partial charge in [0.05, 0.1) is 0 Å². The van der Waals surface area contributed by atoms with E-state index in [0.717, 1.165) is 17.6 Å². The van der Waals surface area contributed by atoms with Crippen LogP contribution in [0.3, 0.4) is 0 Å². The minimum absolute atomic E-state index is 0.887. The summed E-state index contributed by atoms with van der Waals surface area (Å²) < 4.78 is 0. The monoisotopic (exact) mass is 243 g/mol. The maximum absolute atomic E-state index is 4.24. The molecule has 0 aromatic carbocycles. The van der Waals surface area contributed by atoms with E-state index in [0.29, 0.717) is 0 Å². The SMILES string of the molecule is CC(C)C1CCN(CCCCCCS)CC1. The van der Waals surface area contributed by atoms with Crippen LogP contribution >= 0.6 is 12.6 Å². The average Bonchev–Trinajstić information content (AvgIpc) is 2.29. The summed E-state index contributed by atoms with van der Waals surface area (Å²) in [6.45, 7) is 8.76. The van der Waals surface area contributed by atoms with Crippen LogP contribution in [0.2, 0.25) is 0 Å². The van der Waals surface area contributed by atoms with E-state index >= 15 is 0 Å². The first-order valence-corrected chi connectivity index (χ1v) is 7.70. The molecule has 0 bridgehead atoms. The maximum atomic E-state index is 4.24. The van der Waals surface area contributed by atoms with Crippen LogP contribution in [0.15, 0.2) is 0 Å². The summed E-state index contributed by atoms with van der Waals surface area (Å²) in [7, 11) is 0. The zero-order valence-electron chi connectivity index (χ0n) is 11.1. The number of rotatable bonds is 7. The third-order valence-electron chi connectivity index (χ3n) is 3.96. The predicted octanol–water partition coefficient (Wildman–Crippen LogP) is 3.84. The molecule has 16 heavy (non-hydrogen) atoms. The molecule has 1 fully saturated rings. The summed E-state index contributed by atoms with van der Waals surface area (Å²) in [5.74, 6) is 2.93. The summed E-state index contributed by atoms with van der Waals surface area (Å²) in [6, 6.07) is 0. The lowest BCUT2D eigenvalue weighted by molar-refractivity contribution is 0.156. The molecule has 0 spiro atoms. The molecule has 0 radical (unpaired) electrons. The highest BCUT2D eigenvalue weighted by atomic mass is 32.1. The van der Waals surface area contributed by atoms with Crippen molar-refractivity contribution in [1.82, 2.24) is 4.90 Å². The Bertz CT molecular complexity index is 162. The lowest BCUT2D eigenvalue weighted by atomic mass is 9.87. The summed E-state index contributed by atoms with van der Waals surface area (Å²) in [5, 5.41) is 0. The Balaban J connectivity index is 1.99. The van der Waals surface area contributed by atoms with Crippen LogP contribution in [0.4, 0.5) is 0 Å². The van der Waals surface area contributed by atoms with E-state index in [4.69, 9.17) is 0 Å². The van der Waals surface area contributed by atoms with Gasteiger partial charge in [-0.15, -0.1) is 0 Å². The van der Waals surface area contributed by atoms with Crippen molar-refractivity contribution in [2.24, 2.45) is 11.8 Å². The van der Waals surface area contributed by atoms with Crippen LogP contribution in [0.25, 0.3) is 0 Å². The first-order chi connectivity index (χ1) is 7.74. The molecule has 0 unspecified atom stereocenters. The fourth-order valence-corrected chi connectivity index (χ4v) is 2.87. The number of nitrogens with zero attached hydrogens (tertiary/aromatic N) is 1. The predicted molar refractivity (Wildman–Crippen MR) is 76.3 cm³/mol. The fourth-order valence-electron chi connectivity index (χ4n) is 2.64. The molecule has 1 rings (SSSR count). The minimum atomic E-state index is 0.887. The molecule has 1 heterocycles. The molecule has 0 amide bonds. The largest absolute Gasteiger partial charge is 0.303 e. The van der Waals surface area contributed by atoms with Gasteiger partial charge in [0.2, 0.25) is 0 Å². The lowest BCUT2D eigenvalue weighted by Crippen LogP contribution is -2.35. The Labute approximate surface area is 107 Å². The summed E-state index contributed by atoms with van der Waals surface area (Å²) in [6.07, 6.45) is 8.29. The molecule has 1 aliphatic rings. The van der Waals surface area contributed by atoms with Crippen molar-refractivity contribution in [2.75, 3.05) is 25.4 Å². The number of piperidine rings is 1. The van der Waals surface area contributed by atoms with Crippen LogP contribution < -0.4 is 0 Å². The van der Waals surface area contributed by atoms with Crippen LogP contribution in [-0.2, 0) is 0 Å². The van der Waals surface area contributed by atoms with Crippen molar-refractivity contribution in [1.29, 1.82) is 0 Å². The number of unbranched alkanes of at least 4 members (excludes halogenated alkanes) is 3. The van der Waals surface area contributed by atoms with Gasteiger partial charge in [0.1, 0.15) is 0 Å². The zero-order valence-corrected chi connectivity index (χ0v) is 12.0. The van der Waals surface area contributed by atoms with Gasteiger partial charge >= 0.3 is 0 Å². The number of hydrogen-bond donors (Lipinski definition) is 1. The van der Waals surface area contributed by atoms with Crippen molar-refractivity contribution >= 4 is 12.6 Å². The van der Waals surface area contributed by atoms with Gasteiger partial charge in [0, 0.05) is 0 Å². The Morgan fingerprint density at radius 2 is 1.69 bits per heavy atom. The molecule has 0 aliphatic carbocycles. The number of hydrogen-bond acceptors (Lipinski definition) is 2. The zero-order chi connectivity index (χ0) is 11.8. The molecule has 0 N–H and O–H groups in total. The quantitative estimate of drug-likeness (QED) is 0.525. The van der Waals surface area contributed by atoms with Crippen LogP contribution in [0.5, 0.6) is 0 Å². The topological polar surface area (TPSA) is 3.24 Å². The van der Waals surface area contributed by atoms with Gasteiger partial charge in [0.25, 0.3) is 0 Å². The first kappa shape index (κ1) is 14.4. The van der Waals surface area contributed by atoms with Crippen LogP contribution in [0.1, 0.15) is 52.4 Å². The molecule has 1 nitrogen and oxygen atoms in total. The number of thiol groups is 1. The van der Waals surface area contributed by atoms with Crippen molar-refractivity contribution in [3.63, 3.8) is 0 Å².